The fraction of sp³-hybridized carbons (Fsp3) is 0.605. The molecule has 2 aliphatic carbocycles. The number of hydrogen-bond donors (Lipinski definition) is 3. The minimum atomic E-state index is -4.96. The Morgan fingerprint density at radius 2 is 1.81 bits per heavy atom. The van der Waals surface area contributed by atoms with Crippen LogP contribution < -0.4 is 24.8 Å². The van der Waals surface area contributed by atoms with Gasteiger partial charge in [0.1, 0.15) is 23.7 Å². The summed E-state index contributed by atoms with van der Waals surface area (Å²) in [6.07, 6.45) is -1.15. The number of aromatic nitrogens is 1. The molecule has 6 rings (SSSR count). The van der Waals surface area contributed by atoms with Gasteiger partial charge >= 0.3 is 18.9 Å². The highest BCUT2D eigenvalue weighted by molar-refractivity contribution is 7.91. The standard InChI is InChI=1S/C38H45ClF5N5O9S/c1-19-8-5-6-9-21-16-37(21,33(52)48-59(54,55)23-12-13-23)47-30(50)26-15-22(56-31-24-10-7-11-25(39)28(24)27(17-45-31)57-34(40)41)18-49(26)32(51)29(20(2)14-19)46-35(53)58-36(3,4)38(42,43)44/h6-7,9-11,17,19-23,26,29,34H,5,8,12-16,18H2,1-4H3,(H,46,53)(H,47,50)(H,48,52)/b9-6-/t19-,20-,21-,22-,26+,29+,37-/m1/s1. The number of alkyl carbamates (subject to hydrolysis) is 1. The van der Waals surface area contributed by atoms with Crippen LogP contribution in [0.15, 0.2) is 36.5 Å². The molecule has 0 spiro atoms. The van der Waals surface area contributed by atoms with E-state index in [4.69, 9.17) is 21.1 Å². The fourth-order valence-corrected chi connectivity index (χ4v) is 9.22. The largest absolute Gasteiger partial charge is 0.472 e. The van der Waals surface area contributed by atoms with Gasteiger partial charge in [-0.3, -0.25) is 19.1 Å². The molecule has 2 saturated carbocycles. The number of alkyl halides is 5. The molecule has 1 aromatic carbocycles. The molecule has 4 amide bonds. The molecule has 59 heavy (non-hydrogen) atoms. The summed E-state index contributed by atoms with van der Waals surface area (Å²) >= 11 is 6.37. The molecule has 3 N–H and O–H groups in total. The van der Waals surface area contributed by atoms with E-state index in [1.807, 2.05) is 13.0 Å². The number of fused-ring (bicyclic) bond motifs is 3. The molecule has 1 aromatic heterocycles. The zero-order valence-electron chi connectivity index (χ0n) is 32.5. The first-order chi connectivity index (χ1) is 27.5. The molecule has 0 radical (unpaired) electrons. The van der Waals surface area contributed by atoms with Crippen molar-refractivity contribution in [3.05, 3.63) is 41.6 Å². The second-order valence-electron chi connectivity index (χ2n) is 16.2. The summed E-state index contributed by atoms with van der Waals surface area (Å²) in [6.45, 7) is 1.24. The molecule has 1 saturated heterocycles. The van der Waals surface area contributed by atoms with Gasteiger partial charge in [0.05, 0.1) is 23.0 Å². The van der Waals surface area contributed by atoms with Crippen molar-refractivity contribution in [1.82, 2.24) is 25.2 Å². The number of carbonyl (C=O) groups is 4. The van der Waals surface area contributed by atoms with E-state index < -0.39 is 93.0 Å². The van der Waals surface area contributed by atoms with E-state index in [0.29, 0.717) is 46.0 Å². The number of halogens is 6. The van der Waals surface area contributed by atoms with E-state index >= 15 is 0 Å². The molecule has 14 nitrogen and oxygen atoms in total. The number of rotatable bonds is 9. The lowest BCUT2D eigenvalue weighted by Gasteiger charge is -2.34. The van der Waals surface area contributed by atoms with Gasteiger partial charge in [-0.15, -0.1) is 0 Å². The van der Waals surface area contributed by atoms with Crippen LogP contribution >= 0.6 is 11.6 Å². The highest BCUT2D eigenvalue weighted by Crippen LogP contribution is 2.46. The van der Waals surface area contributed by atoms with Crippen LogP contribution in [-0.4, -0.2) is 96.0 Å². The Morgan fingerprint density at radius 3 is 2.47 bits per heavy atom. The molecule has 2 aliphatic heterocycles. The first-order valence-electron chi connectivity index (χ1n) is 19.1. The average molecular weight is 878 g/mol. The van der Waals surface area contributed by atoms with Crippen molar-refractivity contribution in [1.29, 1.82) is 0 Å². The fourth-order valence-electron chi connectivity index (χ4n) is 7.59. The number of allylic oxidation sites excluding steroid dienone is 1. The van der Waals surface area contributed by atoms with Gasteiger partial charge in [-0.25, -0.2) is 18.2 Å². The van der Waals surface area contributed by atoms with Gasteiger partial charge in [-0.2, -0.15) is 22.0 Å². The number of nitrogens with one attached hydrogen (secondary N) is 3. The topological polar surface area (TPSA) is 182 Å². The minimum absolute atomic E-state index is 0.0251. The van der Waals surface area contributed by atoms with Crippen LogP contribution in [0.5, 0.6) is 11.6 Å². The summed E-state index contributed by atoms with van der Waals surface area (Å²) in [5.74, 6) is -4.60. The summed E-state index contributed by atoms with van der Waals surface area (Å²) in [6, 6.07) is 1.44. The summed E-state index contributed by atoms with van der Waals surface area (Å²) < 4.78 is 111. The Morgan fingerprint density at radius 1 is 1.10 bits per heavy atom. The highest BCUT2D eigenvalue weighted by Gasteiger charge is 2.62. The number of benzene rings is 1. The predicted molar refractivity (Wildman–Crippen MR) is 202 cm³/mol. The van der Waals surface area contributed by atoms with Crippen molar-refractivity contribution in [2.75, 3.05) is 6.54 Å². The smallest absolute Gasteiger partial charge is 0.427 e. The maximum atomic E-state index is 14.7. The number of ether oxygens (including phenoxy) is 3. The maximum Gasteiger partial charge on any atom is 0.427 e. The molecule has 7 atom stereocenters. The number of amides is 4. The van der Waals surface area contributed by atoms with Crippen LogP contribution in [0.25, 0.3) is 10.8 Å². The van der Waals surface area contributed by atoms with E-state index in [0.717, 1.165) is 11.1 Å². The van der Waals surface area contributed by atoms with E-state index in [1.165, 1.54) is 18.2 Å². The first-order valence-corrected chi connectivity index (χ1v) is 21.1. The van der Waals surface area contributed by atoms with Crippen LogP contribution in [0.1, 0.15) is 72.6 Å². The second kappa shape index (κ2) is 16.5. The van der Waals surface area contributed by atoms with Gasteiger partial charge in [0.15, 0.2) is 5.75 Å². The van der Waals surface area contributed by atoms with Gasteiger partial charge in [-0.05, 0) is 76.3 Å². The first kappa shape index (κ1) is 44.1. The van der Waals surface area contributed by atoms with Crippen LogP contribution in [0.4, 0.5) is 26.7 Å². The van der Waals surface area contributed by atoms with Gasteiger partial charge < -0.3 is 29.7 Å². The van der Waals surface area contributed by atoms with E-state index in [1.54, 1.807) is 13.0 Å². The number of pyridine rings is 1. The Balaban J connectivity index is 1.36. The molecule has 3 heterocycles. The van der Waals surface area contributed by atoms with Crippen molar-refractivity contribution in [3.63, 3.8) is 0 Å². The van der Waals surface area contributed by atoms with Crippen LogP contribution in [0, 0.1) is 17.8 Å². The van der Waals surface area contributed by atoms with Crippen molar-refractivity contribution >= 4 is 56.2 Å². The maximum absolute atomic E-state index is 14.7. The lowest BCUT2D eigenvalue weighted by atomic mass is 9.88. The van der Waals surface area contributed by atoms with Gasteiger partial charge in [0, 0.05) is 23.1 Å². The third-order valence-electron chi connectivity index (χ3n) is 11.2. The highest BCUT2D eigenvalue weighted by atomic mass is 35.5. The summed E-state index contributed by atoms with van der Waals surface area (Å²) in [5.41, 5.74) is -4.64. The summed E-state index contributed by atoms with van der Waals surface area (Å²) in [5, 5.41) is 4.49. The number of carbonyl (C=O) groups excluding carboxylic acids is 4. The SMILES string of the molecule is C[C@@H]1CC/C=C\[C@@H]2C[C@@]2(C(=O)NS(=O)(=O)C2CC2)NC(=O)[C@@H]2C[C@@H](Oc3ncc(OC(F)F)c4c(Cl)cccc34)CN2C(=O)[C@@H](NC(=O)OC(C)(C)C(F)(F)F)[C@H](C)C1. The quantitative estimate of drug-likeness (QED) is 0.207. The Hall–Kier alpha value is -4.46. The molecule has 0 bridgehead atoms. The molecule has 21 heteroatoms. The summed E-state index contributed by atoms with van der Waals surface area (Å²) in [7, 11) is -4.03. The average Bonchev–Trinajstić information content (AvgIpc) is 4.05. The molecule has 324 valence electrons. The van der Waals surface area contributed by atoms with Crippen molar-refractivity contribution < 1.29 is 63.8 Å². The van der Waals surface area contributed by atoms with Crippen LogP contribution in [0.3, 0.4) is 0 Å². The van der Waals surface area contributed by atoms with Crippen molar-refractivity contribution in [2.45, 2.75) is 120 Å². The second-order valence-corrected chi connectivity index (χ2v) is 18.6. The predicted octanol–water partition coefficient (Wildman–Crippen LogP) is 5.77. The number of nitrogens with zero attached hydrogens (tertiary/aromatic N) is 2. The third kappa shape index (κ3) is 9.63. The molecular formula is C38H45ClF5N5O9S. The zero-order valence-corrected chi connectivity index (χ0v) is 34.1. The van der Waals surface area contributed by atoms with E-state index in [-0.39, 0.29) is 52.7 Å². The molecule has 2 aromatic rings. The molecule has 3 fully saturated rings. The number of hydrogen-bond acceptors (Lipinski definition) is 10. The van der Waals surface area contributed by atoms with Gasteiger partial charge in [-0.1, -0.05) is 43.7 Å². The lowest BCUT2D eigenvalue weighted by molar-refractivity contribution is -0.244. The Bertz CT molecular complexity index is 2120. The molecule has 0 unspecified atom stereocenters. The summed E-state index contributed by atoms with van der Waals surface area (Å²) in [4.78, 5) is 61.2. The van der Waals surface area contributed by atoms with Crippen LogP contribution in [-0.2, 0) is 29.1 Å². The molecular weight excluding hydrogens is 833 g/mol. The minimum Gasteiger partial charge on any atom is -0.472 e. The zero-order chi connectivity index (χ0) is 43.2. The monoisotopic (exact) mass is 877 g/mol. The van der Waals surface area contributed by atoms with Crippen molar-refractivity contribution in [3.8, 4) is 11.6 Å². The molecule has 4 aliphatic rings. The third-order valence-corrected chi connectivity index (χ3v) is 13.3. The normalized spacial score (nSPS) is 28.7. The van der Waals surface area contributed by atoms with E-state index in [9.17, 15) is 49.5 Å². The Kier molecular flexibility index (Phi) is 12.4. The lowest BCUT2D eigenvalue weighted by Crippen LogP contribution is -2.59. The Labute approximate surface area is 341 Å². The van der Waals surface area contributed by atoms with Crippen molar-refractivity contribution in [2.24, 2.45) is 17.8 Å². The van der Waals surface area contributed by atoms with Gasteiger partial charge in [0.2, 0.25) is 33.3 Å². The number of sulfonamides is 1. The van der Waals surface area contributed by atoms with Crippen LogP contribution in [0.2, 0.25) is 5.02 Å². The van der Waals surface area contributed by atoms with Gasteiger partial charge in [0.25, 0.3) is 5.91 Å². The van der Waals surface area contributed by atoms with E-state index in [2.05, 4.69) is 25.1 Å².